The molecule has 0 radical (unpaired) electrons. The van der Waals surface area contributed by atoms with Crippen LogP contribution in [0.25, 0.3) is 0 Å². The van der Waals surface area contributed by atoms with Gasteiger partial charge in [-0.05, 0) is 43.9 Å². The van der Waals surface area contributed by atoms with E-state index in [1.54, 1.807) is 12.4 Å². The van der Waals surface area contributed by atoms with E-state index in [-0.39, 0.29) is 18.1 Å². The Hall–Kier alpha value is -2.87. The van der Waals surface area contributed by atoms with Gasteiger partial charge in [-0.15, -0.1) is 0 Å². The summed E-state index contributed by atoms with van der Waals surface area (Å²) in [5.41, 5.74) is 2.69. The first kappa shape index (κ1) is 17.0. The Labute approximate surface area is 147 Å². The first-order valence-electron chi connectivity index (χ1n) is 8.48. The van der Waals surface area contributed by atoms with Crippen molar-refractivity contribution in [2.45, 2.75) is 45.3 Å². The summed E-state index contributed by atoms with van der Waals surface area (Å²) in [4.78, 5) is 19.5. The van der Waals surface area contributed by atoms with Crippen molar-refractivity contribution in [1.82, 2.24) is 15.3 Å². The van der Waals surface area contributed by atoms with Gasteiger partial charge in [0.2, 0.25) is 5.91 Å². The van der Waals surface area contributed by atoms with E-state index in [1.165, 1.54) is 13.3 Å². The highest BCUT2D eigenvalue weighted by Crippen LogP contribution is 2.22. The second-order valence-electron chi connectivity index (χ2n) is 6.22. The maximum Gasteiger partial charge on any atom is 0.316 e. The first-order chi connectivity index (χ1) is 12.1. The van der Waals surface area contributed by atoms with Crippen LogP contribution in [0.2, 0.25) is 0 Å². The SMILES string of the molecule is CC(=O)NC(C)c1ccc(C#Cc2cnc(OC3CCC3)nc2)cc1. The zero-order valence-electron chi connectivity index (χ0n) is 14.5. The summed E-state index contributed by atoms with van der Waals surface area (Å²) in [5, 5.41) is 2.86. The summed E-state index contributed by atoms with van der Waals surface area (Å²) in [5.74, 6) is 6.10. The number of aromatic nitrogens is 2. The molecule has 1 aliphatic rings. The lowest BCUT2D eigenvalue weighted by Gasteiger charge is -2.24. The van der Waals surface area contributed by atoms with Crippen molar-refractivity contribution in [2.75, 3.05) is 0 Å². The van der Waals surface area contributed by atoms with E-state index in [4.69, 9.17) is 4.74 Å². The number of ether oxygens (including phenoxy) is 1. The maximum atomic E-state index is 11.1. The lowest BCUT2D eigenvalue weighted by molar-refractivity contribution is -0.119. The molecule has 1 heterocycles. The Morgan fingerprint density at radius 2 is 1.80 bits per heavy atom. The highest BCUT2D eigenvalue weighted by molar-refractivity contribution is 5.73. The van der Waals surface area contributed by atoms with Gasteiger partial charge >= 0.3 is 6.01 Å². The van der Waals surface area contributed by atoms with E-state index in [0.717, 1.165) is 29.5 Å². The van der Waals surface area contributed by atoms with Gasteiger partial charge in [0.05, 0.1) is 11.6 Å². The molecule has 1 amide bonds. The number of carbonyl (C=O) groups is 1. The van der Waals surface area contributed by atoms with E-state index in [0.29, 0.717) is 6.01 Å². The smallest absolute Gasteiger partial charge is 0.316 e. The monoisotopic (exact) mass is 335 g/mol. The van der Waals surface area contributed by atoms with Crippen LogP contribution in [0.4, 0.5) is 0 Å². The van der Waals surface area contributed by atoms with E-state index in [1.807, 2.05) is 31.2 Å². The van der Waals surface area contributed by atoms with Crippen molar-refractivity contribution in [3.05, 3.63) is 53.3 Å². The van der Waals surface area contributed by atoms with Crippen molar-refractivity contribution in [3.63, 3.8) is 0 Å². The predicted molar refractivity (Wildman–Crippen MR) is 95.0 cm³/mol. The zero-order chi connectivity index (χ0) is 17.6. The first-order valence-corrected chi connectivity index (χ1v) is 8.48. The summed E-state index contributed by atoms with van der Waals surface area (Å²) in [6.07, 6.45) is 7.03. The van der Waals surface area contributed by atoms with Gasteiger partial charge in [0.25, 0.3) is 0 Å². The average Bonchev–Trinajstić information content (AvgIpc) is 2.57. The third-order valence-electron chi connectivity index (χ3n) is 4.13. The highest BCUT2D eigenvalue weighted by atomic mass is 16.5. The molecule has 0 aliphatic heterocycles. The minimum absolute atomic E-state index is 0.0175. The minimum Gasteiger partial charge on any atom is -0.460 e. The van der Waals surface area contributed by atoms with E-state index in [9.17, 15) is 4.79 Å². The number of nitrogens with zero attached hydrogens (tertiary/aromatic N) is 2. The molecule has 5 nitrogen and oxygen atoms in total. The number of rotatable bonds is 4. The van der Waals surface area contributed by atoms with Gasteiger partial charge in [-0.1, -0.05) is 24.0 Å². The van der Waals surface area contributed by atoms with Crippen LogP contribution in [-0.2, 0) is 4.79 Å². The molecule has 0 spiro atoms. The Morgan fingerprint density at radius 1 is 1.16 bits per heavy atom. The molecule has 25 heavy (non-hydrogen) atoms. The van der Waals surface area contributed by atoms with Crippen LogP contribution in [0.15, 0.2) is 36.7 Å². The van der Waals surface area contributed by atoms with Gasteiger partial charge in [-0.25, -0.2) is 9.97 Å². The lowest BCUT2D eigenvalue weighted by atomic mass is 9.96. The summed E-state index contributed by atoms with van der Waals surface area (Å²) < 4.78 is 5.63. The van der Waals surface area contributed by atoms with Crippen LogP contribution in [0.3, 0.4) is 0 Å². The van der Waals surface area contributed by atoms with Crippen molar-refractivity contribution in [2.24, 2.45) is 0 Å². The molecule has 5 heteroatoms. The number of nitrogens with one attached hydrogen (secondary N) is 1. The highest BCUT2D eigenvalue weighted by Gasteiger charge is 2.19. The van der Waals surface area contributed by atoms with Gasteiger partial charge in [-0.3, -0.25) is 4.79 Å². The maximum absolute atomic E-state index is 11.1. The summed E-state index contributed by atoms with van der Waals surface area (Å²) >= 11 is 0. The van der Waals surface area contributed by atoms with Crippen LogP contribution in [-0.4, -0.2) is 22.0 Å². The summed E-state index contributed by atoms with van der Waals surface area (Å²) in [7, 11) is 0. The molecule has 1 unspecified atom stereocenters. The van der Waals surface area contributed by atoms with Gasteiger partial charge in [0, 0.05) is 24.9 Å². The Morgan fingerprint density at radius 3 is 2.36 bits per heavy atom. The summed E-state index contributed by atoms with van der Waals surface area (Å²) in [6.45, 7) is 3.47. The van der Waals surface area contributed by atoms with E-state index >= 15 is 0 Å². The number of carbonyl (C=O) groups excluding carboxylic acids is 1. The van der Waals surface area contributed by atoms with Crippen molar-refractivity contribution in [3.8, 4) is 17.9 Å². The Bertz CT molecular complexity index is 784. The fourth-order valence-electron chi connectivity index (χ4n) is 2.47. The standard InChI is InChI=1S/C20H21N3O2/c1-14(23-15(2)24)18-10-8-16(9-11-18)6-7-17-12-21-20(22-13-17)25-19-4-3-5-19/h8-14,19H,3-5H2,1-2H3,(H,23,24). The third-order valence-corrected chi connectivity index (χ3v) is 4.13. The number of hydrogen-bond donors (Lipinski definition) is 1. The quantitative estimate of drug-likeness (QED) is 0.873. The van der Waals surface area contributed by atoms with E-state index in [2.05, 4.69) is 27.1 Å². The fraction of sp³-hybridized carbons (Fsp3) is 0.350. The molecule has 1 fully saturated rings. The molecule has 1 aliphatic carbocycles. The molecule has 3 rings (SSSR count). The molecule has 0 saturated heterocycles. The molecule has 1 N–H and O–H groups in total. The molecule has 1 aromatic carbocycles. The Balaban J connectivity index is 1.61. The fourth-order valence-corrected chi connectivity index (χ4v) is 2.47. The molecule has 1 aromatic heterocycles. The molecule has 0 bridgehead atoms. The number of amides is 1. The molecular weight excluding hydrogens is 314 g/mol. The topological polar surface area (TPSA) is 64.1 Å². The van der Waals surface area contributed by atoms with Crippen LogP contribution in [0.1, 0.15) is 55.8 Å². The van der Waals surface area contributed by atoms with Crippen LogP contribution in [0, 0.1) is 11.8 Å². The van der Waals surface area contributed by atoms with Crippen LogP contribution >= 0.6 is 0 Å². The second kappa shape index (κ2) is 7.80. The molecular formula is C20H21N3O2. The summed E-state index contributed by atoms with van der Waals surface area (Å²) in [6, 6.07) is 8.22. The predicted octanol–water partition coefficient (Wildman–Crippen LogP) is 3.00. The van der Waals surface area contributed by atoms with Crippen LogP contribution in [0.5, 0.6) is 6.01 Å². The largest absolute Gasteiger partial charge is 0.460 e. The van der Waals surface area contributed by atoms with Gasteiger partial charge in [0.1, 0.15) is 6.10 Å². The zero-order valence-corrected chi connectivity index (χ0v) is 14.5. The van der Waals surface area contributed by atoms with Crippen molar-refractivity contribution < 1.29 is 9.53 Å². The second-order valence-corrected chi connectivity index (χ2v) is 6.22. The number of benzene rings is 1. The molecule has 2 aromatic rings. The van der Waals surface area contributed by atoms with Gasteiger partial charge in [-0.2, -0.15) is 0 Å². The lowest BCUT2D eigenvalue weighted by Crippen LogP contribution is -2.25. The number of hydrogen-bond acceptors (Lipinski definition) is 4. The normalized spacial score (nSPS) is 14.6. The Kier molecular flexibility index (Phi) is 5.30. The average molecular weight is 335 g/mol. The van der Waals surface area contributed by atoms with Gasteiger partial charge < -0.3 is 10.1 Å². The van der Waals surface area contributed by atoms with Crippen molar-refractivity contribution >= 4 is 5.91 Å². The molecule has 1 saturated carbocycles. The van der Waals surface area contributed by atoms with Crippen molar-refractivity contribution in [1.29, 1.82) is 0 Å². The third kappa shape index (κ3) is 4.80. The molecule has 1 atom stereocenters. The van der Waals surface area contributed by atoms with Crippen LogP contribution < -0.4 is 10.1 Å². The minimum atomic E-state index is -0.0406. The molecule has 128 valence electrons. The van der Waals surface area contributed by atoms with E-state index < -0.39 is 0 Å². The van der Waals surface area contributed by atoms with Gasteiger partial charge in [0.15, 0.2) is 0 Å².